The molecule has 0 atom stereocenters. The Labute approximate surface area is 121 Å². The van der Waals surface area contributed by atoms with Crippen LogP contribution >= 0.6 is 0 Å². The molecule has 4 nitrogen and oxygen atoms in total. The van der Waals surface area contributed by atoms with Gasteiger partial charge in [-0.2, -0.15) is 0 Å². The van der Waals surface area contributed by atoms with E-state index in [-0.39, 0.29) is 24.7 Å². The molecule has 0 amide bonds. The molecule has 0 unspecified atom stereocenters. The van der Waals surface area contributed by atoms with Crippen LogP contribution in [0.1, 0.15) is 30.9 Å². The minimum absolute atomic E-state index is 0.0944. The maximum atomic E-state index is 11.5. The van der Waals surface area contributed by atoms with Gasteiger partial charge in [0.2, 0.25) is 0 Å². The third kappa shape index (κ3) is 4.04. The zero-order chi connectivity index (χ0) is 15.2. The molecule has 114 valence electrons. The van der Waals surface area contributed by atoms with Crippen LogP contribution in [0.5, 0.6) is 0 Å². The summed E-state index contributed by atoms with van der Waals surface area (Å²) >= 11 is 0. The zero-order valence-electron chi connectivity index (χ0n) is 12.2. The first-order chi connectivity index (χ1) is 9.40. The molecule has 1 aromatic carbocycles. The molecule has 0 spiro atoms. The van der Waals surface area contributed by atoms with Crippen LogP contribution in [0, 0.1) is 6.92 Å². The SMILES string of the molecule is CCS(=O)(=O)CCCC(CO)(CO)c1ccccc1C. The smallest absolute Gasteiger partial charge is 0.150 e. The van der Waals surface area contributed by atoms with Crippen molar-refractivity contribution in [2.45, 2.75) is 32.1 Å². The second-order valence-electron chi connectivity index (χ2n) is 5.25. The van der Waals surface area contributed by atoms with Crippen molar-refractivity contribution in [1.82, 2.24) is 0 Å². The lowest BCUT2D eigenvalue weighted by atomic mass is 9.76. The summed E-state index contributed by atoms with van der Waals surface area (Å²) in [4.78, 5) is 0. The van der Waals surface area contributed by atoms with E-state index in [9.17, 15) is 18.6 Å². The Morgan fingerprint density at radius 2 is 1.75 bits per heavy atom. The van der Waals surface area contributed by atoms with Crippen molar-refractivity contribution >= 4 is 9.84 Å². The summed E-state index contributed by atoms with van der Waals surface area (Å²) in [6.07, 6.45) is 0.885. The summed E-state index contributed by atoms with van der Waals surface area (Å²) in [5.41, 5.74) is 1.11. The van der Waals surface area contributed by atoms with Gasteiger partial charge in [0.25, 0.3) is 0 Å². The molecule has 0 saturated carbocycles. The third-order valence-electron chi connectivity index (χ3n) is 3.87. The van der Waals surface area contributed by atoms with Gasteiger partial charge in [0, 0.05) is 11.2 Å². The molecule has 2 N–H and O–H groups in total. The highest BCUT2D eigenvalue weighted by atomic mass is 32.2. The van der Waals surface area contributed by atoms with Gasteiger partial charge in [-0.3, -0.25) is 0 Å². The number of aliphatic hydroxyl groups is 2. The number of rotatable bonds is 8. The van der Waals surface area contributed by atoms with Crippen molar-refractivity contribution in [1.29, 1.82) is 0 Å². The van der Waals surface area contributed by atoms with Crippen molar-refractivity contribution in [3.63, 3.8) is 0 Å². The summed E-state index contributed by atoms with van der Waals surface area (Å²) in [5.74, 6) is 0.222. The van der Waals surface area contributed by atoms with Gasteiger partial charge in [0.05, 0.1) is 19.0 Å². The van der Waals surface area contributed by atoms with Crippen molar-refractivity contribution in [2.24, 2.45) is 0 Å². The standard InChI is InChI=1S/C15H24O4S/c1-3-20(18,19)10-6-9-15(11-16,12-17)14-8-5-4-7-13(14)2/h4-5,7-8,16-17H,3,6,9-12H2,1-2H3. The van der Waals surface area contributed by atoms with Gasteiger partial charge in [-0.15, -0.1) is 0 Å². The number of aryl methyl sites for hydroxylation is 1. The molecule has 0 heterocycles. The van der Waals surface area contributed by atoms with Gasteiger partial charge in [-0.1, -0.05) is 31.2 Å². The predicted molar refractivity (Wildman–Crippen MR) is 80.6 cm³/mol. The average molecular weight is 300 g/mol. The molecule has 1 aromatic rings. The summed E-state index contributed by atoms with van der Waals surface area (Å²) < 4.78 is 23.1. The fourth-order valence-electron chi connectivity index (χ4n) is 2.46. The lowest BCUT2D eigenvalue weighted by Gasteiger charge is -2.32. The second kappa shape index (κ2) is 7.20. The molecule has 0 saturated heterocycles. The Morgan fingerprint density at radius 1 is 1.15 bits per heavy atom. The van der Waals surface area contributed by atoms with Crippen molar-refractivity contribution in [3.8, 4) is 0 Å². The molecule has 5 heteroatoms. The summed E-state index contributed by atoms with van der Waals surface area (Å²) in [6.45, 7) is 3.17. The van der Waals surface area contributed by atoms with Gasteiger partial charge >= 0.3 is 0 Å². The maximum absolute atomic E-state index is 11.5. The van der Waals surface area contributed by atoms with Crippen LogP contribution in [0.25, 0.3) is 0 Å². The first kappa shape index (κ1) is 17.1. The summed E-state index contributed by atoms with van der Waals surface area (Å²) in [6, 6.07) is 7.58. The van der Waals surface area contributed by atoms with Gasteiger partial charge < -0.3 is 10.2 Å². The van der Waals surface area contributed by atoms with Crippen LogP contribution in [-0.2, 0) is 15.3 Å². The van der Waals surface area contributed by atoms with E-state index in [0.717, 1.165) is 11.1 Å². The number of aliphatic hydroxyl groups excluding tert-OH is 2. The van der Waals surface area contributed by atoms with E-state index in [1.165, 1.54) is 0 Å². The lowest BCUT2D eigenvalue weighted by molar-refractivity contribution is 0.108. The molecule has 0 bridgehead atoms. The Hall–Kier alpha value is -0.910. The van der Waals surface area contributed by atoms with Crippen LogP contribution in [0.4, 0.5) is 0 Å². The normalized spacial score (nSPS) is 12.6. The van der Waals surface area contributed by atoms with E-state index < -0.39 is 15.3 Å². The first-order valence-electron chi connectivity index (χ1n) is 6.89. The highest BCUT2D eigenvalue weighted by Gasteiger charge is 2.32. The third-order valence-corrected chi connectivity index (χ3v) is 5.66. The fraction of sp³-hybridized carbons (Fsp3) is 0.600. The molecule has 0 aliphatic carbocycles. The highest BCUT2D eigenvalue weighted by Crippen LogP contribution is 2.31. The molecule has 0 aliphatic rings. The summed E-state index contributed by atoms with van der Waals surface area (Å²) in [5, 5.41) is 19.5. The topological polar surface area (TPSA) is 74.6 Å². The first-order valence-corrected chi connectivity index (χ1v) is 8.71. The molecule has 0 radical (unpaired) electrons. The minimum Gasteiger partial charge on any atom is -0.395 e. The molecule has 0 aromatic heterocycles. The van der Waals surface area contributed by atoms with E-state index in [0.29, 0.717) is 12.8 Å². The lowest BCUT2D eigenvalue weighted by Crippen LogP contribution is -2.36. The quantitative estimate of drug-likeness (QED) is 0.761. The second-order valence-corrected chi connectivity index (χ2v) is 7.72. The largest absolute Gasteiger partial charge is 0.395 e. The van der Waals surface area contributed by atoms with E-state index >= 15 is 0 Å². The van der Waals surface area contributed by atoms with Gasteiger partial charge in [0.1, 0.15) is 9.84 Å². The average Bonchev–Trinajstić information content (AvgIpc) is 2.45. The summed E-state index contributed by atoms with van der Waals surface area (Å²) in [7, 11) is -3.01. The molecular weight excluding hydrogens is 276 g/mol. The fourth-order valence-corrected chi connectivity index (χ4v) is 3.33. The van der Waals surface area contributed by atoms with Crippen molar-refractivity contribution < 1.29 is 18.6 Å². The van der Waals surface area contributed by atoms with Crippen molar-refractivity contribution in [2.75, 3.05) is 24.7 Å². The highest BCUT2D eigenvalue weighted by molar-refractivity contribution is 7.91. The predicted octanol–water partition coefficient (Wildman–Crippen LogP) is 1.43. The maximum Gasteiger partial charge on any atom is 0.150 e. The Bertz CT molecular complexity index is 518. The molecular formula is C15H24O4S. The minimum atomic E-state index is -3.01. The number of hydrogen-bond acceptors (Lipinski definition) is 4. The number of sulfone groups is 1. The molecule has 0 aliphatic heterocycles. The van der Waals surface area contributed by atoms with E-state index in [1.807, 2.05) is 31.2 Å². The van der Waals surface area contributed by atoms with Crippen LogP contribution < -0.4 is 0 Å². The van der Waals surface area contributed by atoms with Crippen LogP contribution in [0.3, 0.4) is 0 Å². The van der Waals surface area contributed by atoms with Gasteiger partial charge in [-0.25, -0.2) is 8.42 Å². The Kier molecular flexibility index (Phi) is 6.17. The van der Waals surface area contributed by atoms with E-state index in [4.69, 9.17) is 0 Å². The van der Waals surface area contributed by atoms with Gasteiger partial charge in [-0.05, 0) is 30.9 Å². The number of hydrogen-bond donors (Lipinski definition) is 2. The molecule has 20 heavy (non-hydrogen) atoms. The zero-order valence-corrected chi connectivity index (χ0v) is 13.0. The van der Waals surface area contributed by atoms with E-state index in [2.05, 4.69) is 0 Å². The Morgan fingerprint density at radius 3 is 2.25 bits per heavy atom. The van der Waals surface area contributed by atoms with Crippen LogP contribution in [-0.4, -0.2) is 43.4 Å². The monoisotopic (exact) mass is 300 g/mol. The van der Waals surface area contributed by atoms with E-state index in [1.54, 1.807) is 6.92 Å². The van der Waals surface area contributed by atoms with Crippen LogP contribution in [0.15, 0.2) is 24.3 Å². The Balaban J connectivity index is 2.91. The van der Waals surface area contributed by atoms with Crippen LogP contribution in [0.2, 0.25) is 0 Å². The number of benzene rings is 1. The molecule has 0 fully saturated rings. The van der Waals surface area contributed by atoms with Crippen molar-refractivity contribution in [3.05, 3.63) is 35.4 Å². The molecule has 1 rings (SSSR count). The van der Waals surface area contributed by atoms with Gasteiger partial charge in [0.15, 0.2) is 0 Å².